The summed E-state index contributed by atoms with van der Waals surface area (Å²) in [5.41, 5.74) is 0. The second-order valence-electron chi connectivity index (χ2n) is 7.06. The molecular weight excluding hydrogens is 232 g/mol. The van der Waals surface area contributed by atoms with Crippen molar-refractivity contribution in [2.24, 2.45) is 5.92 Å². The summed E-state index contributed by atoms with van der Waals surface area (Å²) in [4.78, 5) is 2.65. The van der Waals surface area contributed by atoms with Gasteiger partial charge in [-0.05, 0) is 31.8 Å². The van der Waals surface area contributed by atoms with Gasteiger partial charge in [0.05, 0.1) is 0 Å². The lowest BCUT2D eigenvalue weighted by Crippen LogP contribution is -2.37. The Morgan fingerprint density at radius 1 is 1.00 bits per heavy atom. The van der Waals surface area contributed by atoms with Crippen molar-refractivity contribution in [1.82, 2.24) is 10.2 Å². The molecule has 0 saturated carbocycles. The monoisotopic (exact) mass is 268 g/mol. The van der Waals surface area contributed by atoms with Crippen molar-refractivity contribution >= 4 is 0 Å². The summed E-state index contributed by atoms with van der Waals surface area (Å²) < 4.78 is 0. The van der Waals surface area contributed by atoms with Crippen LogP contribution in [0.4, 0.5) is 0 Å². The molecule has 2 nitrogen and oxygen atoms in total. The number of hydrogen-bond acceptors (Lipinski definition) is 2. The van der Waals surface area contributed by atoms with E-state index in [0.29, 0.717) is 6.04 Å². The molecule has 1 rings (SSSR count). The number of rotatable bonds is 10. The van der Waals surface area contributed by atoms with E-state index in [1.54, 1.807) is 0 Å². The lowest BCUT2D eigenvalue weighted by molar-refractivity contribution is 0.314. The summed E-state index contributed by atoms with van der Waals surface area (Å²) in [6.45, 7) is 13.0. The van der Waals surface area contributed by atoms with Gasteiger partial charge in [0.1, 0.15) is 0 Å². The maximum atomic E-state index is 3.66. The van der Waals surface area contributed by atoms with Gasteiger partial charge in [-0.3, -0.25) is 0 Å². The zero-order valence-corrected chi connectivity index (χ0v) is 13.8. The van der Waals surface area contributed by atoms with Gasteiger partial charge >= 0.3 is 0 Å². The summed E-state index contributed by atoms with van der Waals surface area (Å²) >= 11 is 0. The zero-order chi connectivity index (χ0) is 14.1. The topological polar surface area (TPSA) is 15.3 Å². The van der Waals surface area contributed by atoms with E-state index in [-0.39, 0.29) is 0 Å². The maximum absolute atomic E-state index is 3.66. The Balaban J connectivity index is 1.91. The molecule has 1 atom stereocenters. The van der Waals surface area contributed by atoms with Crippen molar-refractivity contribution < 1.29 is 0 Å². The van der Waals surface area contributed by atoms with Crippen molar-refractivity contribution in [3.63, 3.8) is 0 Å². The lowest BCUT2D eigenvalue weighted by Gasteiger charge is -2.18. The summed E-state index contributed by atoms with van der Waals surface area (Å²) in [6, 6.07) is 1.37. The average molecular weight is 268 g/mol. The zero-order valence-electron chi connectivity index (χ0n) is 13.8. The smallest absolute Gasteiger partial charge is 0.0209 e. The van der Waals surface area contributed by atoms with E-state index in [0.717, 1.165) is 12.0 Å². The van der Waals surface area contributed by atoms with Crippen LogP contribution in [0.25, 0.3) is 0 Å². The number of likely N-dealkylation sites (tertiary alicyclic amines) is 1. The van der Waals surface area contributed by atoms with Crippen LogP contribution in [0.15, 0.2) is 0 Å². The molecule has 1 N–H and O–H groups in total. The molecule has 0 aromatic heterocycles. The molecule has 1 heterocycles. The van der Waals surface area contributed by atoms with Gasteiger partial charge in [0, 0.05) is 18.6 Å². The Morgan fingerprint density at radius 3 is 2.37 bits per heavy atom. The number of unbranched alkanes of at least 4 members (excludes halogenated alkanes) is 4. The minimum Gasteiger partial charge on any atom is -0.310 e. The molecule has 0 aliphatic carbocycles. The van der Waals surface area contributed by atoms with Gasteiger partial charge in [-0.2, -0.15) is 0 Å². The predicted octanol–water partition coefficient (Wildman–Crippen LogP) is 4.06. The van der Waals surface area contributed by atoms with Gasteiger partial charge in [-0.25, -0.2) is 0 Å². The molecule has 114 valence electrons. The molecule has 0 amide bonds. The molecule has 1 aliphatic heterocycles. The second kappa shape index (κ2) is 9.77. The first-order valence-corrected chi connectivity index (χ1v) is 8.56. The normalized spacial score (nSPS) is 20.8. The molecule has 2 heteroatoms. The summed E-state index contributed by atoms with van der Waals surface area (Å²) in [5, 5.41) is 3.66. The Hall–Kier alpha value is -0.0800. The van der Waals surface area contributed by atoms with Crippen molar-refractivity contribution in [1.29, 1.82) is 0 Å². The van der Waals surface area contributed by atoms with Gasteiger partial charge in [-0.1, -0.05) is 59.8 Å². The fraction of sp³-hybridized carbons (Fsp3) is 1.00. The molecule has 0 aromatic rings. The van der Waals surface area contributed by atoms with Crippen LogP contribution in [0.3, 0.4) is 0 Å². The molecule has 1 aliphatic rings. The SMILES string of the molecule is CC(C)CCCCCCCN1CC[C@@H](NC(C)C)C1. The quantitative estimate of drug-likeness (QED) is 0.601. The highest BCUT2D eigenvalue weighted by Gasteiger charge is 2.21. The van der Waals surface area contributed by atoms with E-state index in [1.807, 2.05) is 0 Å². The maximum Gasteiger partial charge on any atom is 0.0209 e. The second-order valence-corrected chi connectivity index (χ2v) is 7.06. The van der Waals surface area contributed by atoms with Crippen LogP contribution in [-0.4, -0.2) is 36.6 Å². The molecule has 0 radical (unpaired) electrons. The summed E-state index contributed by atoms with van der Waals surface area (Å²) in [7, 11) is 0. The van der Waals surface area contributed by atoms with Gasteiger partial charge < -0.3 is 10.2 Å². The molecule has 1 saturated heterocycles. The standard InChI is InChI=1S/C17H36N2/c1-15(2)10-8-6-5-7-9-12-19-13-11-17(14-19)18-16(3)4/h15-18H,5-14H2,1-4H3/t17-/m1/s1. The Labute approximate surface area is 121 Å². The Morgan fingerprint density at radius 2 is 1.68 bits per heavy atom. The first-order chi connectivity index (χ1) is 9.08. The van der Waals surface area contributed by atoms with Crippen molar-refractivity contribution in [2.45, 2.75) is 84.7 Å². The van der Waals surface area contributed by atoms with Crippen molar-refractivity contribution in [3.05, 3.63) is 0 Å². The van der Waals surface area contributed by atoms with E-state index in [1.165, 1.54) is 64.6 Å². The van der Waals surface area contributed by atoms with Crippen LogP contribution in [-0.2, 0) is 0 Å². The van der Waals surface area contributed by atoms with Gasteiger partial charge in [0.25, 0.3) is 0 Å². The highest BCUT2D eigenvalue weighted by Crippen LogP contribution is 2.13. The minimum absolute atomic E-state index is 0.630. The first kappa shape index (κ1) is 17.0. The Bertz CT molecular complexity index is 213. The first-order valence-electron chi connectivity index (χ1n) is 8.56. The van der Waals surface area contributed by atoms with Gasteiger partial charge in [-0.15, -0.1) is 0 Å². The number of nitrogens with zero attached hydrogens (tertiary/aromatic N) is 1. The molecule has 0 spiro atoms. The fourth-order valence-corrected chi connectivity index (χ4v) is 3.06. The lowest BCUT2D eigenvalue weighted by atomic mass is 10.0. The predicted molar refractivity (Wildman–Crippen MR) is 85.7 cm³/mol. The highest BCUT2D eigenvalue weighted by molar-refractivity contribution is 4.81. The van der Waals surface area contributed by atoms with Crippen LogP contribution in [0, 0.1) is 5.92 Å². The third kappa shape index (κ3) is 8.65. The molecular formula is C17H36N2. The van der Waals surface area contributed by atoms with E-state index in [2.05, 4.69) is 37.9 Å². The molecule has 0 bridgehead atoms. The minimum atomic E-state index is 0.630. The molecule has 0 unspecified atom stereocenters. The fourth-order valence-electron chi connectivity index (χ4n) is 3.06. The van der Waals surface area contributed by atoms with Crippen molar-refractivity contribution in [3.8, 4) is 0 Å². The van der Waals surface area contributed by atoms with Gasteiger partial charge in [0.2, 0.25) is 0 Å². The highest BCUT2D eigenvalue weighted by atomic mass is 15.2. The summed E-state index contributed by atoms with van der Waals surface area (Å²) in [6.07, 6.45) is 9.89. The van der Waals surface area contributed by atoms with Crippen LogP contribution < -0.4 is 5.32 Å². The number of nitrogens with one attached hydrogen (secondary N) is 1. The van der Waals surface area contributed by atoms with Gasteiger partial charge in [0.15, 0.2) is 0 Å². The van der Waals surface area contributed by atoms with E-state index >= 15 is 0 Å². The van der Waals surface area contributed by atoms with Crippen LogP contribution in [0.2, 0.25) is 0 Å². The van der Waals surface area contributed by atoms with E-state index < -0.39 is 0 Å². The molecule has 0 aromatic carbocycles. The molecule has 19 heavy (non-hydrogen) atoms. The van der Waals surface area contributed by atoms with E-state index in [9.17, 15) is 0 Å². The van der Waals surface area contributed by atoms with Crippen LogP contribution in [0.5, 0.6) is 0 Å². The van der Waals surface area contributed by atoms with Crippen molar-refractivity contribution in [2.75, 3.05) is 19.6 Å². The third-order valence-electron chi connectivity index (χ3n) is 4.10. The molecule has 1 fully saturated rings. The third-order valence-corrected chi connectivity index (χ3v) is 4.10. The summed E-state index contributed by atoms with van der Waals surface area (Å²) in [5.74, 6) is 0.884. The van der Waals surface area contributed by atoms with E-state index in [4.69, 9.17) is 0 Å². The Kier molecular flexibility index (Phi) is 8.72. The van der Waals surface area contributed by atoms with Crippen LogP contribution >= 0.6 is 0 Å². The largest absolute Gasteiger partial charge is 0.310 e. The van der Waals surface area contributed by atoms with Crippen LogP contribution in [0.1, 0.15) is 72.6 Å². The number of hydrogen-bond donors (Lipinski definition) is 1. The average Bonchev–Trinajstić information content (AvgIpc) is 2.74.